The smallest absolute Gasteiger partial charge is 0.249 e. The molecule has 6 heteroatoms. The molecule has 1 saturated carbocycles. The van der Waals surface area contributed by atoms with Crippen LogP contribution in [0.4, 0.5) is 0 Å². The van der Waals surface area contributed by atoms with Crippen LogP contribution in [0.3, 0.4) is 0 Å². The molecule has 0 N–H and O–H groups in total. The Bertz CT molecular complexity index is 561. The van der Waals surface area contributed by atoms with E-state index in [1.807, 2.05) is 17.2 Å². The summed E-state index contributed by atoms with van der Waals surface area (Å²) in [6.07, 6.45) is 9.42. The van der Waals surface area contributed by atoms with Crippen molar-refractivity contribution in [2.45, 2.75) is 57.2 Å². The summed E-state index contributed by atoms with van der Waals surface area (Å²) in [5, 5.41) is 4.50. The largest absolute Gasteiger partial charge is 0.368 e. The van der Waals surface area contributed by atoms with E-state index in [4.69, 9.17) is 4.74 Å². The molecule has 1 aromatic heterocycles. The second-order valence-corrected chi connectivity index (χ2v) is 7.42. The molecule has 1 unspecified atom stereocenters. The standard InChI is InChI=1S/C18H28N4O2/c23-18(14-24-17-5-1-2-6-17)21-12-15-7-8-19-22(15)16(13-21)11-20-9-3-4-10-20/h7-8,16-17H,1-6,9-14H2. The van der Waals surface area contributed by atoms with Gasteiger partial charge in [-0.3, -0.25) is 9.48 Å². The van der Waals surface area contributed by atoms with E-state index in [0.717, 1.165) is 31.6 Å². The minimum Gasteiger partial charge on any atom is -0.368 e. The number of nitrogens with zero attached hydrogens (tertiary/aromatic N) is 4. The van der Waals surface area contributed by atoms with E-state index in [9.17, 15) is 4.79 Å². The highest BCUT2D eigenvalue weighted by atomic mass is 16.5. The summed E-state index contributed by atoms with van der Waals surface area (Å²) in [4.78, 5) is 17.1. The first-order valence-electron chi connectivity index (χ1n) is 9.44. The van der Waals surface area contributed by atoms with Gasteiger partial charge in [0.15, 0.2) is 0 Å². The van der Waals surface area contributed by atoms with Crippen LogP contribution in [0.15, 0.2) is 12.3 Å². The number of carbonyl (C=O) groups is 1. The zero-order valence-electron chi connectivity index (χ0n) is 14.4. The van der Waals surface area contributed by atoms with Crippen LogP contribution in [-0.4, -0.2) is 64.4 Å². The van der Waals surface area contributed by atoms with Crippen molar-refractivity contribution in [3.05, 3.63) is 18.0 Å². The molecular weight excluding hydrogens is 304 g/mol. The van der Waals surface area contributed by atoms with Gasteiger partial charge in [0, 0.05) is 19.3 Å². The second kappa shape index (κ2) is 7.23. The molecule has 1 aliphatic carbocycles. The molecule has 0 spiro atoms. The molecule has 1 atom stereocenters. The molecule has 132 valence electrons. The van der Waals surface area contributed by atoms with Crippen LogP contribution in [-0.2, 0) is 16.1 Å². The summed E-state index contributed by atoms with van der Waals surface area (Å²) in [6, 6.07) is 2.30. The van der Waals surface area contributed by atoms with Crippen molar-refractivity contribution in [2.24, 2.45) is 0 Å². The van der Waals surface area contributed by atoms with Gasteiger partial charge in [0.25, 0.3) is 0 Å². The molecule has 24 heavy (non-hydrogen) atoms. The fourth-order valence-corrected chi connectivity index (χ4v) is 4.31. The number of rotatable bonds is 5. The number of ether oxygens (including phenoxy) is 1. The molecule has 2 aliphatic heterocycles. The zero-order valence-corrected chi connectivity index (χ0v) is 14.4. The summed E-state index contributed by atoms with van der Waals surface area (Å²) in [5.74, 6) is 0.126. The van der Waals surface area contributed by atoms with Crippen LogP contribution >= 0.6 is 0 Å². The number of likely N-dealkylation sites (tertiary alicyclic amines) is 1. The van der Waals surface area contributed by atoms with E-state index in [-0.39, 0.29) is 18.6 Å². The summed E-state index contributed by atoms with van der Waals surface area (Å²) in [7, 11) is 0. The number of amides is 1. The SMILES string of the molecule is O=C(COC1CCCC1)N1Cc2ccnn2C(CN2CCCC2)C1. The lowest BCUT2D eigenvalue weighted by atomic mass is 10.1. The lowest BCUT2D eigenvalue weighted by Crippen LogP contribution is -2.46. The van der Waals surface area contributed by atoms with Gasteiger partial charge in [0.1, 0.15) is 6.61 Å². The molecule has 3 heterocycles. The Morgan fingerprint density at radius 1 is 1.21 bits per heavy atom. The van der Waals surface area contributed by atoms with Crippen LogP contribution in [0.2, 0.25) is 0 Å². The van der Waals surface area contributed by atoms with Gasteiger partial charge >= 0.3 is 0 Å². The molecule has 1 saturated heterocycles. The summed E-state index contributed by atoms with van der Waals surface area (Å²) in [6.45, 7) is 4.97. The first-order valence-corrected chi connectivity index (χ1v) is 9.44. The third-order valence-electron chi connectivity index (χ3n) is 5.65. The Morgan fingerprint density at radius 2 is 2.00 bits per heavy atom. The number of fused-ring (bicyclic) bond motifs is 1. The molecule has 0 aromatic carbocycles. The fraction of sp³-hybridized carbons (Fsp3) is 0.778. The quantitative estimate of drug-likeness (QED) is 0.825. The first-order chi connectivity index (χ1) is 11.8. The minimum atomic E-state index is 0.126. The molecule has 4 rings (SSSR count). The lowest BCUT2D eigenvalue weighted by molar-refractivity contribution is -0.140. The Kier molecular flexibility index (Phi) is 4.85. The molecule has 0 bridgehead atoms. The maximum atomic E-state index is 12.6. The van der Waals surface area contributed by atoms with Crippen molar-refractivity contribution in [3.8, 4) is 0 Å². The predicted octanol–water partition coefficient (Wildman–Crippen LogP) is 1.82. The molecule has 0 radical (unpaired) electrons. The highest BCUT2D eigenvalue weighted by Crippen LogP contribution is 2.24. The van der Waals surface area contributed by atoms with E-state index in [1.54, 1.807) is 0 Å². The number of hydrogen-bond acceptors (Lipinski definition) is 4. The van der Waals surface area contributed by atoms with Crippen LogP contribution in [0.1, 0.15) is 50.3 Å². The highest BCUT2D eigenvalue weighted by Gasteiger charge is 2.30. The minimum absolute atomic E-state index is 0.126. The van der Waals surface area contributed by atoms with Crippen molar-refractivity contribution in [1.82, 2.24) is 19.6 Å². The average Bonchev–Trinajstić information content (AvgIpc) is 3.33. The first kappa shape index (κ1) is 16.1. The van der Waals surface area contributed by atoms with Crippen molar-refractivity contribution in [2.75, 3.05) is 32.8 Å². The average molecular weight is 332 g/mol. The van der Waals surface area contributed by atoms with Gasteiger partial charge < -0.3 is 14.5 Å². The van der Waals surface area contributed by atoms with Gasteiger partial charge in [-0.05, 0) is 44.8 Å². The van der Waals surface area contributed by atoms with Gasteiger partial charge in [-0.25, -0.2) is 0 Å². The van der Waals surface area contributed by atoms with E-state index < -0.39 is 0 Å². The highest BCUT2D eigenvalue weighted by molar-refractivity contribution is 5.77. The Hall–Kier alpha value is -1.40. The van der Waals surface area contributed by atoms with E-state index in [2.05, 4.69) is 14.7 Å². The topological polar surface area (TPSA) is 50.6 Å². The zero-order chi connectivity index (χ0) is 16.4. The van der Waals surface area contributed by atoms with Crippen molar-refractivity contribution >= 4 is 5.91 Å². The van der Waals surface area contributed by atoms with E-state index in [1.165, 1.54) is 38.8 Å². The van der Waals surface area contributed by atoms with Gasteiger partial charge in [-0.15, -0.1) is 0 Å². The van der Waals surface area contributed by atoms with Gasteiger partial charge in [-0.1, -0.05) is 12.8 Å². The third kappa shape index (κ3) is 3.49. The van der Waals surface area contributed by atoms with Crippen molar-refractivity contribution in [1.29, 1.82) is 0 Å². The van der Waals surface area contributed by atoms with Crippen molar-refractivity contribution < 1.29 is 9.53 Å². The van der Waals surface area contributed by atoms with E-state index >= 15 is 0 Å². The second-order valence-electron chi connectivity index (χ2n) is 7.42. The summed E-state index contributed by atoms with van der Waals surface area (Å²) >= 11 is 0. The third-order valence-corrected chi connectivity index (χ3v) is 5.65. The Balaban J connectivity index is 1.38. The van der Waals surface area contributed by atoms with Crippen LogP contribution in [0.5, 0.6) is 0 Å². The molecule has 1 aromatic rings. The van der Waals surface area contributed by atoms with Crippen molar-refractivity contribution in [3.63, 3.8) is 0 Å². The molecule has 2 fully saturated rings. The summed E-state index contributed by atoms with van der Waals surface area (Å²) in [5.41, 5.74) is 1.14. The van der Waals surface area contributed by atoms with E-state index in [0.29, 0.717) is 12.6 Å². The maximum Gasteiger partial charge on any atom is 0.249 e. The Morgan fingerprint density at radius 3 is 2.79 bits per heavy atom. The normalized spacial score (nSPS) is 25.3. The molecule has 6 nitrogen and oxygen atoms in total. The van der Waals surface area contributed by atoms with Gasteiger partial charge in [-0.2, -0.15) is 5.10 Å². The fourth-order valence-electron chi connectivity index (χ4n) is 4.31. The van der Waals surface area contributed by atoms with Gasteiger partial charge in [0.05, 0.1) is 24.4 Å². The monoisotopic (exact) mass is 332 g/mol. The maximum absolute atomic E-state index is 12.6. The number of carbonyl (C=O) groups excluding carboxylic acids is 1. The summed E-state index contributed by atoms with van der Waals surface area (Å²) < 4.78 is 7.96. The van der Waals surface area contributed by atoms with Gasteiger partial charge in [0.2, 0.25) is 5.91 Å². The van der Waals surface area contributed by atoms with Crippen LogP contribution in [0, 0.1) is 0 Å². The number of hydrogen-bond donors (Lipinski definition) is 0. The lowest BCUT2D eigenvalue weighted by Gasteiger charge is -2.35. The van der Waals surface area contributed by atoms with Crippen LogP contribution in [0.25, 0.3) is 0 Å². The molecular formula is C18H28N4O2. The number of aromatic nitrogens is 2. The van der Waals surface area contributed by atoms with Crippen LogP contribution < -0.4 is 0 Å². The molecule has 3 aliphatic rings. The Labute approximate surface area is 143 Å². The predicted molar refractivity (Wildman–Crippen MR) is 90.6 cm³/mol. The molecule has 1 amide bonds.